The Morgan fingerprint density at radius 3 is 1.90 bits per heavy atom. The predicted octanol–water partition coefficient (Wildman–Crippen LogP) is 5.42. The lowest BCUT2D eigenvalue weighted by Gasteiger charge is -2.24. The van der Waals surface area contributed by atoms with E-state index in [9.17, 15) is 24.2 Å². The number of hydrogen-bond acceptors (Lipinski definition) is 8. The van der Waals surface area contributed by atoms with Crippen LogP contribution in [-0.4, -0.2) is 86.1 Å². The summed E-state index contributed by atoms with van der Waals surface area (Å²) < 4.78 is 32.8. The van der Waals surface area contributed by atoms with E-state index in [0.717, 1.165) is 38.5 Å². The number of phosphoric acid groups is 1. The van der Waals surface area contributed by atoms with E-state index < -0.39 is 32.5 Å². The molecule has 0 spiro atoms. The highest BCUT2D eigenvalue weighted by Gasteiger charge is 2.26. The van der Waals surface area contributed by atoms with Crippen molar-refractivity contribution in [1.29, 1.82) is 0 Å². The molecule has 0 aromatic carbocycles. The molecule has 0 aliphatic carbocycles. The van der Waals surface area contributed by atoms with Crippen LogP contribution in [0.3, 0.4) is 0 Å². The molecule has 0 aromatic rings. The molecular weight excluding hydrogens is 549 g/mol. The summed E-state index contributed by atoms with van der Waals surface area (Å²) in [6.07, 6.45) is 22.4. The fourth-order valence-corrected chi connectivity index (χ4v) is 3.90. The van der Waals surface area contributed by atoms with Gasteiger partial charge < -0.3 is 24.0 Å². The number of aliphatic hydroxyl groups excluding tert-OH is 1. The molecule has 41 heavy (non-hydrogen) atoms. The van der Waals surface area contributed by atoms with Gasteiger partial charge in [0.1, 0.15) is 19.8 Å². The Balaban J connectivity index is 4.19. The van der Waals surface area contributed by atoms with Gasteiger partial charge in [-0.3, -0.25) is 18.6 Å². The number of aliphatic hydroxyl groups is 1. The van der Waals surface area contributed by atoms with E-state index in [1.807, 2.05) is 40.2 Å². The number of rotatable bonds is 24. The third-order valence-corrected chi connectivity index (χ3v) is 6.42. The van der Waals surface area contributed by atoms with E-state index in [0.29, 0.717) is 23.9 Å². The molecule has 11 heteroatoms. The maximum absolute atomic E-state index is 12.2. The van der Waals surface area contributed by atoms with Gasteiger partial charge in [-0.2, -0.15) is 0 Å². The summed E-state index contributed by atoms with van der Waals surface area (Å²) in [6, 6.07) is 0. The number of quaternary nitrogens is 1. The van der Waals surface area contributed by atoms with E-state index in [-0.39, 0.29) is 25.7 Å². The quantitative estimate of drug-likeness (QED) is 0.0489. The van der Waals surface area contributed by atoms with Crippen molar-refractivity contribution in [2.75, 3.05) is 47.5 Å². The molecule has 1 unspecified atom stereocenters. The average Bonchev–Trinajstić information content (AvgIpc) is 2.86. The zero-order valence-electron chi connectivity index (χ0n) is 25.6. The highest BCUT2D eigenvalue weighted by Crippen LogP contribution is 2.43. The van der Waals surface area contributed by atoms with Crippen LogP contribution in [0.5, 0.6) is 0 Å². The van der Waals surface area contributed by atoms with Crippen molar-refractivity contribution in [1.82, 2.24) is 0 Å². The second-order valence-corrected chi connectivity index (χ2v) is 12.2. The summed E-state index contributed by atoms with van der Waals surface area (Å²) in [5.74, 6) is -1.08. The van der Waals surface area contributed by atoms with Crippen molar-refractivity contribution in [2.24, 2.45) is 0 Å². The Hall–Kier alpha value is -2.07. The molecule has 0 fully saturated rings. The number of nitrogens with zero attached hydrogens (tertiary/aromatic N) is 1. The van der Waals surface area contributed by atoms with Crippen LogP contribution < -0.4 is 0 Å². The lowest BCUT2D eigenvalue weighted by atomic mass is 10.1. The molecule has 3 atom stereocenters. The Morgan fingerprint density at radius 1 is 0.854 bits per heavy atom. The first kappa shape index (κ1) is 38.9. The molecule has 0 radical (unpaired) electrons. The van der Waals surface area contributed by atoms with Crippen LogP contribution in [0.2, 0.25) is 0 Å². The normalized spacial score (nSPS) is 15.6. The molecule has 0 aliphatic rings. The maximum atomic E-state index is 12.2. The minimum atomic E-state index is -4.35. The summed E-state index contributed by atoms with van der Waals surface area (Å²) in [4.78, 5) is 33.3. The summed E-state index contributed by atoms with van der Waals surface area (Å²) in [7, 11) is 1.40. The molecule has 236 valence electrons. The van der Waals surface area contributed by atoms with Crippen LogP contribution in [0.1, 0.15) is 71.6 Å². The number of unbranched alkanes of at least 4 members (excludes halogenated alkanes) is 2. The smallest absolute Gasteiger partial charge is 0.462 e. The number of allylic oxidation sites excluding steroid dienone is 8. The lowest BCUT2D eigenvalue weighted by molar-refractivity contribution is -0.870. The fourth-order valence-electron chi connectivity index (χ4n) is 3.16. The van der Waals surface area contributed by atoms with Crippen LogP contribution in [0, 0.1) is 0 Å². The maximum Gasteiger partial charge on any atom is 0.472 e. The topological polar surface area (TPSA) is 129 Å². The predicted molar refractivity (Wildman–Crippen MR) is 161 cm³/mol. The van der Waals surface area contributed by atoms with Crippen LogP contribution in [0.15, 0.2) is 48.6 Å². The zero-order chi connectivity index (χ0) is 31.0. The van der Waals surface area contributed by atoms with Crippen molar-refractivity contribution < 1.29 is 47.2 Å². The van der Waals surface area contributed by atoms with Gasteiger partial charge in [-0.15, -0.1) is 0 Å². The van der Waals surface area contributed by atoms with Gasteiger partial charge in [0.15, 0.2) is 6.10 Å². The van der Waals surface area contributed by atoms with Gasteiger partial charge in [0.25, 0.3) is 0 Å². The van der Waals surface area contributed by atoms with Crippen LogP contribution in [-0.2, 0) is 32.7 Å². The number of likely N-dealkylation sites (N-methyl/N-ethyl adjacent to an activating group) is 1. The standard InChI is InChI=1S/C30H52NO9P/c1-27(32)21-19-17-15-13-11-9-7-6-8-10-12-14-16-18-20-22-30(34)40-29(25-37-28(2)33)26-39-41(35,36)38-24-23-31(3,4)5/h7-10,13-16,27,29,32H,6,11-12,17-26H2,1-5H3/p+1/b9-7-,10-8-,15-13-,16-14-/t27-,29+/m0/s1. The van der Waals surface area contributed by atoms with Gasteiger partial charge in [-0.1, -0.05) is 48.6 Å². The molecule has 0 aliphatic heterocycles. The number of carbonyl (C=O) groups is 2. The van der Waals surface area contributed by atoms with Gasteiger partial charge in [0.2, 0.25) is 0 Å². The van der Waals surface area contributed by atoms with Crippen LogP contribution in [0.4, 0.5) is 0 Å². The minimum Gasteiger partial charge on any atom is -0.462 e. The van der Waals surface area contributed by atoms with Gasteiger partial charge in [-0.05, 0) is 58.3 Å². The van der Waals surface area contributed by atoms with E-state index in [1.54, 1.807) is 0 Å². The monoisotopic (exact) mass is 602 g/mol. The Bertz CT molecular complexity index is 876. The molecule has 0 aromatic heterocycles. The van der Waals surface area contributed by atoms with Crippen molar-refractivity contribution in [2.45, 2.75) is 83.8 Å². The van der Waals surface area contributed by atoms with Crippen molar-refractivity contribution >= 4 is 19.8 Å². The van der Waals surface area contributed by atoms with Crippen LogP contribution >= 0.6 is 7.82 Å². The lowest BCUT2D eigenvalue weighted by Crippen LogP contribution is -2.37. The third-order valence-electron chi connectivity index (χ3n) is 5.44. The van der Waals surface area contributed by atoms with E-state index in [2.05, 4.69) is 36.5 Å². The van der Waals surface area contributed by atoms with Crippen molar-refractivity contribution in [3.63, 3.8) is 0 Å². The summed E-state index contributed by atoms with van der Waals surface area (Å²) in [6.45, 7) is 2.80. The Morgan fingerprint density at radius 2 is 1.39 bits per heavy atom. The molecule has 0 saturated heterocycles. The molecule has 2 N–H and O–H groups in total. The van der Waals surface area contributed by atoms with Crippen molar-refractivity contribution in [3.05, 3.63) is 48.6 Å². The molecular formula is C30H53NO9P+. The molecule has 0 rings (SSSR count). The molecule has 0 heterocycles. The first-order valence-corrected chi connectivity index (χ1v) is 15.8. The molecule has 0 saturated carbocycles. The van der Waals surface area contributed by atoms with Gasteiger partial charge in [0.05, 0.1) is 33.9 Å². The molecule has 10 nitrogen and oxygen atoms in total. The minimum absolute atomic E-state index is 0.0111. The van der Waals surface area contributed by atoms with Gasteiger partial charge in [-0.25, -0.2) is 4.57 Å². The van der Waals surface area contributed by atoms with Gasteiger partial charge >= 0.3 is 19.8 Å². The second kappa shape index (κ2) is 23.5. The average molecular weight is 603 g/mol. The highest BCUT2D eigenvalue weighted by molar-refractivity contribution is 7.47. The first-order chi connectivity index (χ1) is 19.3. The SMILES string of the molecule is CC(=O)OC[C@H](COP(=O)(O)OCC[N+](C)(C)C)OC(=O)CCC/C=C\C/C=C\C/C=C\C/C=C\CCC[C@H](C)O. The summed E-state index contributed by atoms with van der Waals surface area (Å²) in [5, 5.41) is 9.21. The summed E-state index contributed by atoms with van der Waals surface area (Å²) >= 11 is 0. The Kier molecular flexibility index (Phi) is 22.3. The first-order valence-electron chi connectivity index (χ1n) is 14.3. The zero-order valence-corrected chi connectivity index (χ0v) is 26.5. The summed E-state index contributed by atoms with van der Waals surface area (Å²) in [5.41, 5.74) is 0. The van der Waals surface area contributed by atoms with E-state index in [1.165, 1.54) is 6.92 Å². The number of esters is 2. The number of carbonyl (C=O) groups excluding carboxylic acids is 2. The number of hydrogen-bond donors (Lipinski definition) is 2. The fraction of sp³-hybridized carbons (Fsp3) is 0.667. The highest BCUT2D eigenvalue weighted by atomic mass is 31.2. The van der Waals surface area contributed by atoms with E-state index in [4.69, 9.17) is 18.5 Å². The van der Waals surface area contributed by atoms with Crippen LogP contribution in [0.25, 0.3) is 0 Å². The van der Waals surface area contributed by atoms with Gasteiger partial charge in [0, 0.05) is 13.3 Å². The second-order valence-electron chi connectivity index (χ2n) is 10.8. The molecule has 0 bridgehead atoms. The Labute approximate surface area is 246 Å². The molecule has 0 amide bonds. The number of ether oxygens (including phenoxy) is 2. The van der Waals surface area contributed by atoms with Crippen molar-refractivity contribution in [3.8, 4) is 0 Å². The third kappa shape index (κ3) is 29.2. The largest absolute Gasteiger partial charge is 0.472 e. The number of phosphoric ester groups is 1. The van der Waals surface area contributed by atoms with E-state index >= 15 is 0 Å².